The number of fused-ring (bicyclic) bond motifs is 1. The molecule has 1 aliphatic rings. The van der Waals surface area contributed by atoms with Crippen LogP contribution in [0.25, 0.3) is 10.8 Å². The van der Waals surface area contributed by atoms with Crippen molar-refractivity contribution < 1.29 is 14.1 Å². The number of non-ortho nitro benzene ring substituents is 1. The van der Waals surface area contributed by atoms with Gasteiger partial charge in [0, 0.05) is 18.2 Å². The number of hydrogen-bond donors (Lipinski definition) is 1. The van der Waals surface area contributed by atoms with E-state index < -0.39 is 16.5 Å². The molecule has 0 unspecified atom stereocenters. The van der Waals surface area contributed by atoms with Crippen molar-refractivity contribution in [3.05, 3.63) is 50.6 Å². The molecule has 1 aliphatic carbocycles. The number of amides is 1. The van der Waals surface area contributed by atoms with E-state index in [1.807, 2.05) is 0 Å². The highest BCUT2D eigenvalue weighted by Gasteiger charge is 2.25. The van der Waals surface area contributed by atoms with Gasteiger partial charge in [-0.2, -0.15) is 0 Å². The van der Waals surface area contributed by atoms with Crippen molar-refractivity contribution >= 4 is 22.4 Å². The van der Waals surface area contributed by atoms with Crippen LogP contribution >= 0.6 is 0 Å². The smallest absolute Gasteiger partial charge is 0.344 e. The van der Waals surface area contributed by atoms with Gasteiger partial charge in [-0.25, -0.2) is 4.79 Å². The Kier molecular flexibility index (Phi) is 2.74. The summed E-state index contributed by atoms with van der Waals surface area (Å²) in [5.74, 6) is -0.520. The van der Waals surface area contributed by atoms with Crippen molar-refractivity contribution in [3.63, 3.8) is 0 Å². The van der Waals surface area contributed by atoms with E-state index in [0.717, 1.165) is 18.9 Å². The van der Waals surface area contributed by atoms with Crippen molar-refractivity contribution in [2.45, 2.75) is 18.9 Å². The van der Waals surface area contributed by atoms with Crippen molar-refractivity contribution in [2.24, 2.45) is 0 Å². The largest absolute Gasteiger partial charge is 0.417 e. The Balaban J connectivity index is 2.05. The first-order chi connectivity index (χ1) is 9.54. The standard InChI is InChI=1S/C13H10N2O5/c16-12(14-8-2-3-8)11-5-7-1-4-9(15(18)19)6-10(7)13(17)20-11/h1,4-6,8H,2-3H2,(H,14,16). The van der Waals surface area contributed by atoms with Crippen molar-refractivity contribution in [3.8, 4) is 0 Å². The monoisotopic (exact) mass is 274 g/mol. The molecule has 1 heterocycles. The predicted octanol–water partition coefficient (Wildman–Crippen LogP) is 1.59. The lowest BCUT2D eigenvalue weighted by Gasteiger charge is -2.03. The number of nitro groups is 1. The zero-order valence-electron chi connectivity index (χ0n) is 10.3. The molecule has 7 heteroatoms. The molecule has 3 rings (SSSR count). The molecular formula is C13H10N2O5. The molecule has 1 saturated carbocycles. The predicted molar refractivity (Wildman–Crippen MR) is 69.6 cm³/mol. The summed E-state index contributed by atoms with van der Waals surface area (Å²) >= 11 is 0. The summed E-state index contributed by atoms with van der Waals surface area (Å²) in [6, 6.07) is 5.42. The minimum absolute atomic E-state index is 0.0803. The third kappa shape index (κ3) is 2.25. The van der Waals surface area contributed by atoms with Crippen LogP contribution in [0.2, 0.25) is 0 Å². The molecule has 2 aromatic rings. The fourth-order valence-corrected chi connectivity index (χ4v) is 1.88. The molecular weight excluding hydrogens is 264 g/mol. The first-order valence-corrected chi connectivity index (χ1v) is 6.08. The summed E-state index contributed by atoms with van der Waals surface area (Å²) in [5, 5.41) is 13.9. The number of nitro benzene ring substituents is 1. The highest BCUT2D eigenvalue weighted by molar-refractivity contribution is 5.95. The summed E-state index contributed by atoms with van der Waals surface area (Å²) in [6.07, 6.45) is 1.85. The third-order valence-electron chi connectivity index (χ3n) is 3.09. The average molecular weight is 274 g/mol. The van der Waals surface area contributed by atoms with Gasteiger partial charge in [0.15, 0.2) is 5.76 Å². The highest BCUT2D eigenvalue weighted by atomic mass is 16.6. The maximum absolute atomic E-state index is 11.8. The topological polar surface area (TPSA) is 102 Å². The second kappa shape index (κ2) is 4.44. The molecule has 102 valence electrons. The van der Waals surface area contributed by atoms with Crippen LogP contribution < -0.4 is 10.9 Å². The van der Waals surface area contributed by atoms with Gasteiger partial charge in [0.2, 0.25) is 0 Å². The van der Waals surface area contributed by atoms with E-state index in [9.17, 15) is 19.7 Å². The van der Waals surface area contributed by atoms with Gasteiger partial charge >= 0.3 is 5.63 Å². The number of benzene rings is 1. The Morgan fingerprint density at radius 1 is 1.35 bits per heavy atom. The van der Waals surface area contributed by atoms with Gasteiger partial charge in [0.1, 0.15) is 0 Å². The van der Waals surface area contributed by atoms with Gasteiger partial charge < -0.3 is 9.73 Å². The molecule has 7 nitrogen and oxygen atoms in total. The summed E-state index contributed by atoms with van der Waals surface area (Å²) < 4.78 is 4.93. The molecule has 1 fully saturated rings. The van der Waals surface area contributed by atoms with E-state index in [2.05, 4.69) is 5.32 Å². The maximum Gasteiger partial charge on any atom is 0.344 e. The van der Waals surface area contributed by atoms with Gasteiger partial charge in [-0.15, -0.1) is 0 Å². The van der Waals surface area contributed by atoms with E-state index in [1.165, 1.54) is 18.2 Å². The Labute approximate surface area is 112 Å². The van der Waals surface area contributed by atoms with Gasteiger partial charge in [-0.05, 0) is 30.4 Å². The summed E-state index contributed by atoms with van der Waals surface area (Å²) in [4.78, 5) is 33.7. The second-order valence-electron chi connectivity index (χ2n) is 4.67. The van der Waals surface area contributed by atoms with Crippen LogP contribution in [0.4, 0.5) is 5.69 Å². The normalized spacial score (nSPS) is 14.2. The van der Waals surface area contributed by atoms with E-state index in [0.29, 0.717) is 5.39 Å². The lowest BCUT2D eigenvalue weighted by molar-refractivity contribution is -0.384. The van der Waals surface area contributed by atoms with Crippen LogP contribution in [0.3, 0.4) is 0 Å². The van der Waals surface area contributed by atoms with Crippen molar-refractivity contribution in [1.29, 1.82) is 0 Å². The van der Waals surface area contributed by atoms with Crippen molar-refractivity contribution in [2.75, 3.05) is 0 Å². The molecule has 1 aromatic heterocycles. The van der Waals surface area contributed by atoms with Gasteiger partial charge in [0.25, 0.3) is 11.6 Å². The maximum atomic E-state index is 11.8. The molecule has 20 heavy (non-hydrogen) atoms. The van der Waals surface area contributed by atoms with Crippen LogP contribution in [0.15, 0.2) is 33.5 Å². The molecule has 0 bridgehead atoms. The Bertz CT molecular complexity index is 776. The second-order valence-corrected chi connectivity index (χ2v) is 4.67. The van der Waals surface area contributed by atoms with Crippen LogP contribution in [0.5, 0.6) is 0 Å². The first-order valence-electron chi connectivity index (χ1n) is 6.08. The van der Waals surface area contributed by atoms with E-state index >= 15 is 0 Å². The van der Waals surface area contributed by atoms with Crippen LogP contribution in [-0.4, -0.2) is 16.9 Å². The number of rotatable bonds is 3. The third-order valence-corrected chi connectivity index (χ3v) is 3.09. The van der Waals surface area contributed by atoms with Gasteiger partial charge in [-0.1, -0.05) is 0 Å². The number of carbonyl (C=O) groups excluding carboxylic acids is 1. The molecule has 0 aliphatic heterocycles. The van der Waals surface area contributed by atoms with E-state index in [1.54, 1.807) is 0 Å². The quantitative estimate of drug-likeness (QED) is 0.676. The summed E-state index contributed by atoms with van der Waals surface area (Å²) in [7, 11) is 0. The highest BCUT2D eigenvalue weighted by Crippen LogP contribution is 2.21. The van der Waals surface area contributed by atoms with Crippen molar-refractivity contribution in [1.82, 2.24) is 5.32 Å². The zero-order chi connectivity index (χ0) is 14.3. The lowest BCUT2D eigenvalue weighted by Crippen LogP contribution is -2.26. The SMILES string of the molecule is O=C(NC1CC1)c1cc2ccc([N+](=O)[O-])cc2c(=O)o1. The van der Waals surface area contributed by atoms with Crippen LogP contribution in [0, 0.1) is 10.1 Å². The molecule has 0 spiro atoms. The minimum atomic E-state index is -0.757. The molecule has 0 saturated heterocycles. The summed E-state index contributed by atoms with van der Waals surface area (Å²) in [6.45, 7) is 0. The molecule has 1 N–H and O–H groups in total. The average Bonchev–Trinajstić information content (AvgIpc) is 3.22. The Hall–Kier alpha value is -2.70. The number of carbonyl (C=O) groups is 1. The molecule has 0 radical (unpaired) electrons. The number of hydrogen-bond acceptors (Lipinski definition) is 5. The summed E-state index contributed by atoms with van der Waals surface area (Å²) in [5.41, 5.74) is -0.952. The van der Waals surface area contributed by atoms with Crippen LogP contribution in [0.1, 0.15) is 23.4 Å². The van der Waals surface area contributed by atoms with E-state index in [4.69, 9.17) is 4.42 Å². The Morgan fingerprint density at radius 3 is 2.75 bits per heavy atom. The molecule has 1 amide bonds. The first kappa shape index (κ1) is 12.3. The zero-order valence-corrected chi connectivity index (χ0v) is 10.3. The van der Waals surface area contributed by atoms with E-state index in [-0.39, 0.29) is 22.9 Å². The fraction of sp³-hybridized carbons (Fsp3) is 0.231. The number of nitrogens with zero attached hydrogens (tertiary/aromatic N) is 1. The lowest BCUT2D eigenvalue weighted by atomic mass is 10.1. The van der Waals surface area contributed by atoms with Gasteiger partial charge in [-0.3, -0.25) is 14.9 Å². The number of nitrogens with one attached hydrogen (secondary N) is 1. The molecule has 0 atom stereocenters. The fourth-order valence-electron chi connectivity index (χ4n) is 1.88. The molecule has 1 aromatic carbocycles. The Morgan fingerprint density at radius 2 is 2.10 bits per heavy atom. The van der Waals surface area contributed by atoms with Gasteiger partial charge in [0.05, 0.1) is 10.3 Å². The van der Waals surface area contributed by atoms with Crippen LogP contribution in [-0.2, 0) is 0 Å². The minimum Gasteiger partial charge on any atom is -0.417 e.